The second-order valence-electron chi connectivity index (χ2n) is 14.5. The van der Waals surface area contributed by atoms with Crippen molar-refractivity contribution in [3.8, 4) is 67.0 Å². The van der Waals surface area contributed by atoms with Gasteiger partial charge in [0.25, 0.3) is 0 Å². The van der Waals surface area contributed by atoms with Crippen molar-refractivity contribution < 1.29 is 0 Å². The molecule has 57 heavy (non-hydrogen) atoms. The van der Waals surface area contributed by atoms with Crippen LogP contribution >= 0.6 is 11.6 Å². The Bertz CT molecular complexity index is 2490. The average molecular weight is 759 g/mol. The molecule has 7 aromatic rings. The summed E-state index contributed by atoms with van der Waals surface area (Å²) in [6, 6.07) is 45.3. The molecule has 0 bridgehead atoms. The van der Waals surface area contributed by atoms with Crippen molar-refractivity contribution in [2.75, 3.05) is 0 Å². The molecule has 0 aliphatic rings. The number of nitrogens with zero attached hydrogens (tertiary/aromatic N) is 2. The third-order valence-electron chi connectivity index (χ3n) is 10.5. The SMILES string of the molecule is C/C=C\C=C(/C)c1cnc(-c2ccc(-c3ccccc3-c3cc(Cl)cc(-c4ccccc4-c4ccc(-c5cc(C)c(/C(C)=C/C=C\C)cn5)cc4)c3)cc2)cc1C. The number of pyridine rings is 2. The van der Waals surface area contributed by atoms with E-state index in [1.54, 1.807) is 0 Å². The summed E-state index contributed by atoms with van der Waals surface area (Å²) in [5.74, 6) is 0. The molecule has 0 radical (unpaired) electrons. The van der Waals surface area contributed by atoms with Crippen LogP contribution in [0.25, 0.3) is 78.2 Å². The maximum Gasteiger partial charge on any atom is 0.0705 e. The van der Waals surface area contributed by atoms with Crippen LogP contribution in [0.3, 0.4) is 0 Å². The van der Waals surface area contributed by atoms with E-state index in [1.807, 2.05) is 38.4 Å². The van der Waals surface area contributed by atoms with Gasteiger partial charge in [-0.3, -0.25) is 9.97 Å². The van der Waals surface area contributed by atoms with E-state index < -0.39 is 0 Å². The van der Waals surface area contributed by atoms with Crippen LogP contribution in [0.1, 0.15) is 49.9 Å². The molecule has 2 nitrogen and oxygen atoms in total. The van der Waals surface area contributed by atoms with E-state index in [4.69, 9.17) is 21.6 Å². The first-order valence-corrected chi connectivity index (χ1v) is 19.9. The Morgan fingerprint density at radius 3 is 1.16 bits per heavy atom. The molecule has 280 valence electrons. The minimum atomic E-state index is 0.694. The molecule has 0 unspecified atom stereocenters. The number of aryl methyl sites for hydroxylation is 2. The van der Waals surface area contributed by atoms with Gasteiger partial charge < -0.3 is 0 Å². The molecule has 0 atom stereocenters. The van der Waals surface area contributed by atoms with Crippen molar-refractivity contribution in [1.29, 1.82) is 0 Å². The lowest BCUT2D eigenvalue weighted by Crippen LogP contribution is -1.92. The second kappa shape index (κ2) is 17.6. The van der Waals surface area contributed by atoms with Crippen molar-refractivity contribution in [1.82, 2.24) is 9.97 Å². The van der Waals surface area contributed by atoms with E-state index in [-0.39, 0.29) is 0 Å². The van der Waals surface area contributed by atoms with Crippen molar-refractivity contribution in [2.45, 2.75) is 41.5 Å². The molecule has 2 heterocycles. The zero-order valence-electron chi connectivity index (χ0n) is 33.5. The molecule has 0 amide bonds. The Labute approximate surface area is 343 Å². The normalized spacial score (nSPS) is 12.2. The van der Waals surface area contributed by atoms with Gasteiger partial charge in [-0.15, -0.1) is 0 Å². The lowest BCUT2D eigenvalue weighted by Gasteiger charge is -2.15. The third kappa shape index (κ3) is 8.73. The van der Waals surface area contributed by atoms with E-state index in [0.29, 0.717) is 5.02 Å². The van der Waals surface area contributed by atoms with Gasteiger partial charge in [-0.05, 0) is 150 Å². The number of halogens is 1. The Kier molecular flexibility index (Phi) is 12.0. The zero-order chi connectivity index (χ0) is 39.9. The molecule has 2 aromatic heterocycles. The topological polar surface area (TPSA) is 25.8 Å². The van der Waals surface area contributed by atoms with Gasteiger partial charge in [0.15, 0.2) is 0 Å². The first-order valence-electron chi connectivity index (χ1n) is 19.5. The van der Waals surface area contributed by atoms with E-state index in [9.17, 15) is 0 Å². The molecular formula is C54H47ClN2. The van der Waals surface area contributed by atoms with Gasteiger partial charge in [-0.25, -0.2) is 0 Å². The summed E-state index contributed by atoms with van der Waals surface area (Å²) in [5, 5.41) is 0.694. The summed E-state index contributed by atoms with van der Waals surface area (Å²) in [5.41, 5.74) is 20.2. The van der Waals surface area contributed by atoms with Gasteiger partial charge in [-0.1, -0.05) is 145 Å². The third-order valence-corrected chi connectivity index (χ3v) is 10.7. The van der Waals surface area contributed by atoms with Crippen LogP contribution < -0.4 is 0 Å². The highest BCUT2D eigenvalue weighted by Gasteiger charge is 2.14. The van der Waals surface area contributed by atoms with Crippen LogP contribution in [0.2, 0.25) is 5.02 Å². The minimum Gasteiger partial charge on any atom is -0.256 e. The molecule has 3 heteroatoms. The number of rotatable bonds is 10. The van der Waals surface area contributed by atoms with Crippen molar-refractivity contribution in [3.05, 3.63) is 204 Å². The van der Waals surface area contributed by atoms with Crippen LogP contribution in [0.5, 0.6) is 0 Å². The molecule has 0 aliphatic carbocycles. The van der Waals surface area contributed by atoms with Gasteiger partial charge >= 0.3 is 0 Å². The Hall–Kier alpha value is -6.35. The lowest BCUT2D eigenvalue weighted by atomic mass is 9.90. The molecule has 0 N–H and O–H groups in total. The van der Waals surface area contributed by atoms with E-state index >= 15 is 0 Å². The minimum absolute atomic E-state index is 0.694. The summed E-state index contributed by atoms with van der Waals surface area (Å²) in [7, 11) is 0. The van der Waals surface area contributed by atoms with Crippen LogP contribution in [-0.4, -0.2) is 9.97 Å². The van der Waals surface area contributed by atoms with Crippen LogP contribution in [0.4, 0.5) is 0 Å². The predicted octanol–water partition coefficient (Wildman–Crippen LogP) is 15.7. The Morgan fingerprint density at radius 1 is 0.456 bits per heavy atom. The molecule has 0 fully saturated rings. The molecule has 0 saturated carbocycles. The van der Waals surface area contributed by atoms with Crippen molar-refractivity contribution >= 4 is 22.7 Å². The summed E-state index contributed by atoms with van der Waals surface area (Å²) in [6.45, 7) is 12.6. The second-order valence-corrected chi connectivity index (χ2v) is 14.9. The first kappa shape index (κ1) is 38.9. The first-order chi connectivity index (χ1) is 27.7. The van der Waals surface area contributed by atoms with Crippen LogP contribution in [-0.2, 0) is 0 Å². The Morgan fingerprint density at radius 2 is 0.807 bits per heavy atom. The average Bonchev–Trinajstić information content (AvgIpc) is 3.24. The number of allylic oxidation sites excluding steroid dienone is 8. The summed E-state index contributed by atoms with van der Waals surface area (Å²) >= 11 is 6.93. The highest BCUT2D eigenvalue weighted by atomic mass is 35.5. The Balaban J connectivity index is 1.17. The van der Waals surface area contributed by atoms with E-state index in [0.717, 1.165) is 78.1 Å². The van der Waals surface area contributed by atoms with Gasteiger partial charge in [-0.2, -0.15) is 0 Å². The summed E-state index contributed by atoms with van der Waals surface area (Å²) < 4.78 is 0. The highest BCUT2D eigenvalue weighted by Crippen LogP contribution is 2.40. The molecule has 7 rings (SSSR count). The number of aromatic nitrogens is 2. The van der Waals surface area contributed by atoms with Crippen molar-refractivity contribution in [3.63, 3.8) is 0 Å². The van der Waals surface area contributed by atoms with Crippen LogP contribution in [0, 0.1) is 13.8 Å². The monoisotopic (exact) mass is 758 g/mol. The number of hydrogen-bond donors (Lipinski definition) is 0. The van der Waals surface area contributed by atoms with E-state index in [2.05, 4.69) is 179 Å². The largest absolute Gasteiger partial charge is 0.256 e. The molecule has 0 aliphatic heterocycles. The van der Waals surface area contributed by atoms with Gasteiger partial charge in [0.1, 0.15) is 0 Å². The standard InChI is InChI=1S/C54H47ClN2/c1-7-9-15-36(3)51-34-56-53(29-38(51)5)42-25-21-40(22-26-42)47-17-11-13-19-49(47)44-31-45(33-46(55)32-44)50-20-14-12-18-48(50)41-23-27-43(28-24-41)54-30-39(6)52(35-57-54)37(4)16-10-8-2/h7-35H,1-6H3/b9-7-,10-8-,36-15+,37-16+. The maximum absolute atomic E-state index is 6.93. The fourth-order valence-electron chi connectivity index (χ4n) is 7.43. The summed E-state index contributed by atoms with van der Waals surface area (Å²) in [4.78, 5) is 9.67. The zero-order valence-corrected chi connectivity index (χ0v) is 34.3. The van der Waals surface area contributed by atoms with Gasteiger partial charge in [0.2, 0.25) is 0 Å². The summed E-state index contributed by atoms with van der Waals surface area (Å²) in [6.07, 6.45) is 16.4. The van der Waals surface area contributed by atoms with E-state index in [1.165, 1.54) is 22.3 Å². The number of benzene rings is 5. The van der Waals surface area contributed by atoms with Crippen LogP contribution in [0.15, 0.2) is 176 Å². The predicted molar refractivity (Wildman–Crippen MR) is 246 cm³/mol. The molecule has 0 saturated heterocycles. The van der Waals surface area contributed by atoms with Gasteiger partial charge in [0.05, 0.1) is 11.4 Å². The number of hydrogen-bond acceptors (Lipinski definition) is 2. The lowest BCUT2D eigenvalue weighted by molar-refractivity contribution is 1.26. The highest BCUT2D eigenvalue weighted by molar-refractivity contribution is 6.31. The quantitative estimate of drug-likeness (QED) is 0.130. The fraction of sp³-hybridized carbons (Fsp3) is 0.111. The molecule has 5 aromatic carbocycles. The molecular weight excluding hydrogens is 712 g/mol. The maximum atomic E-state index is 6.93. The fourth-order valence-corrected chi connectivity index (χ4v) is 7.66. The molecule has 0 spiro atoms. The van der Waals surface area contributed by atoms with Gasteiger partial charge in [0, 0.05) is 28.5 Å². The van der Waals surface area contributed by atoms with Crippen molar-refractivity contribution in [2.24, 2.45) is 0 Å². The smallest absolute Gasteiger partial charge is 0.0705 e.